The summed E-state index contributed by atoms with van der Waals surface area (Å²) in [5.74, 6) is 0. The van der Waals surface area contributed by atoms with Crippen LogP contribution in [0.15, 0.2) is 29.0 Å². The summed E-state index contributed by atoms with van der Waals surface area (Å²) >= 11 is 3.33. The van der Waals surface area contributed by atoms with E-state index < -0.39 is 0 Å². The predicted octanol–water partition coefficient (Wildman–Crippen LogP) is 1.91. The number of nitrogens with zero attached hydrogens (tertiary/aromatic N) is 2. The number of hydrogen-bond acceptors (Lipinski definition) is 2. The van der Waals surface area contributed by atoms with Gasteiger partial charge in [-0.05, 0) is 28.1 Å². The van der Waals surface area contributed by atoms with Gasteiger partial charge < -0.3 is 0 Å². The van der Waals surface area contributed by atoms with Crippen LogP contribution in [0.4, 0.5) is 0 Å². The van der Waals surface area contributed by atoms with Crippen LogP contribution in [0.2, 0.25) is 0 Å². The van der Waals surface area contributed by atoms with Crippen LogP contribution in [-0.2, 0) is 0 Å². The number of pyridine rings is 1. The van der Waals surface area contributed by atoms with E-state index in [1.165, 1.54) is 0 Å². The van der Waals surface area contributed by atoms with Gasteiger partial charge in [-0.25, -0.2) is 4.52 Å². The fourth-order valence-electron chi connectivity index (χ4n) is 1.04. The number of carbonyl (C=O) groups excluding carboxylic acids is 1. The molecule has 0 aliphatic rings. The highest BCUT2D eigenvalue weighted by molar-refractivity contribution is 9.10. The van der Waals surface area contributed by atoms with Gasteiger partial charge in [-0.3, -0.25) is 4.79 Å². The van der Waals surface area contributed by atoms with Crippen molar-refractivity contribution < 1.29 is 4.79 Å². The smallest absolute Gasteiger partial charge is 0.150 e. The van der Waals surface area contributed by atoms with Gasteiger partial charge in [0.1, 0.15) is 6.29 Å². The third kappa shape index (κ3) is 1.04. The fraction of sp³-hybridized carbons (Fsp3) is 0. The zero-order valence-corrected chi connectivity index (χ0v) is 7.65. The van der Waals surface area contributed by atoms with Crippen LogP contribution in [0.25, 0.3) is 5.52 Å². The maximum atomic E-state index is 10.4. The molecule has 0 radical (unpaired) electrons. The Balaban J connectivity index is 2.79. The van der Waals surface area contributed by atoms with E-state index in [1.807, 2.05) is 0 Å². The summed E-state index contributed by atoms with van der Waals surface area (Å²) in [7, 11) is 0. The van der Waals surface area contributed by atoms with Crippen LogP contribution in [0.1, 0.15) is 10.4 Å². The summed E-state index contributed by atoms with van der Waals surface area (Å²) in [5.41, 5.74) is 1.56. The summed E-state index contributed by atoms with van der Waals surface area (Å²) in [6, 6.07) is 3.50. The molecule has 4 heteroatoms. The number of aromatic nitrogens is 2. The predicted molar refractivity (Wildman–Crippen MR) is 48.3 cm³/mol. The largest absolute Gasteiger partial charge is 0.298 e. The SMILES string of the molecule is O=Cc1ccn2ncc(Br)c2c1. The van der Waals surface area contributed by atoms with Crippen molar-refractivity contribution in [1.29, 1.82) is 0 Å². The molecule has 0 aliphatic heterocycles. The molecule has 0 saturated carbocycles. The zero-order valence-electron chi connectivity index (χ0n) is 6.07. The van der Waals surface area contributed by atoms with E-state index >= 15 is 0 Å². The molecule has 3 nitrogen and oxygen atoms in total. The summed E-state index contributed by atoms with van der Waals surface area (Å²) in [6.07, 6.45) is 4.27. The number of aldehydes is 1. The molecule has 0 unspecified atom stereocenters. The topological polar surface area (TPSA) is 34.4 Å². The van der Waals surface area contributed by atoms with E-state index in [9.17, 15) is 4.79 Å². The van der Waals surface area contributed by atoms with Gasteiger partial charge in [0.25, 0.3) is 0 Å². The van der Waals surface area contributed by atoms with Gasteiger partial charge in [-0.15, -0.1) is 0 Å². The molecular weight excluding hydrogens is 220 g/mol. The lowest BCUT2D eigenvalue weighted by atomic mass is 10.3. The van der Waals surface area contributed by atoms with E-state index in [0.29, 0.717) is 5.56 Å². The summed E-state index contributed by atoms with van der Waals surface area (Å²) < 4.78 is 2.60. The molecule has 0 aromatic carbocycles. The second-order valence-corrected chi connectivity index (χ2v) is 3.25. The number of rotatable bonds is 1. The normalized spacial score (nSPS) is 10.4. The molecule has 0 aliphatic carbocycles. The lowest BCUT2D eigenvalue weighted by Gasteiger charge is -1.93. The second-order valence-electron chi connectivity index (χ2n) is 2.40. The first kappa shape index (κ1) is 7.49. The molecule has 0 N–H and O–H groups in total. The highest BCUT2D eigenvalue weighted by Crippen LogP contribution is 2.17. The number of fused-ring (bicyclic) bond motifs is 1. The van der Waals surface area contributed by atoms with Crippen LogP contribution in [0, 0.1) is 0 Å². The van der Waals surface area contributed by atoms with Crippen LogP contribution in [-0.4, -0.2) is 15.9 Å². The van der Waals surface area contributed by atoms with Crippen molar-refractivity contribution in [2.75, 3.05) is 0 Å². The summed E-state index contributed by atoms with van der Waals surface area (Å²) in [4.78, 5) is 10.4. The highest BCUT2D eigenvalue weighted by Gasteiger charge is 2.00. The summed E-state index contributed by atoms with van der Waals surface area (Å²) in [6.45, 7) is 0. The Labute approximate surface area is 77.1 Å². The van der Waals surface area contributed by atoms with Gasteiger partial charge in [0, 0.05) is 11.8 Å². The average molecular weight is 225 g/mol. The quantitative estimate of drug-likeness (QED) is 0.694. The Morgan fingerprint density at radius 2 is 2.42 bits per heavy atom. The van der Waals surface area contributed by atoms with E-state index in [0.717, 1.165) is 16.3 Å². The van der Waals surface area contributed by atoms with Crippen LogP contribution < -0.4 is 0 Å². The number of halogens is 1. The third-order valence-corrected chi connectivity index (χ3v) is 2.25. The fourth-order valence-corrected chi connectivity index (χ4v) is 1.43. The van der Waals surface area contributed by atoms with E-state index in [-0.39, 0.29) is 0 Å². The second kappa shape index (κ2) is 2.71. The lowest BCUT2D eigenvalue weighted by Crippen LogP contribution is -1.87. The van der Waals surface area contributed by atoms with Gasteiger partial charge in [-0.1, -0.05) is 0 Å². The molecule has 0 spiro atoms. The Hall–Kier alpha value is -1.16. The van der Waals surface area contributed by atoms with E-state index in [4.69, 9.17) is 0 Å². The maximum absolute atomic E-state index is 10.4. The average Bonchev–Trinajstić information content (AvgIpc) is 2.47. The molecule has 2 heterocycles. The molecule has 2 aromatic rings. The van der Waals surface area contributed by atoms with E-state index in [1.54, 1.807) is 29.0 Å². The Bertz CT molecular complexity index is 436. The minimum absolute atomic E-state index is 0.656. The molecule has 2 rings (SSSR count). The summed E-state index contributed by atoms with van der Waals surface area (Å²) in [5, 5.41) is 4.05. The van der Waals surface area contributed by atoms with Gasteiger partial charge in [-0.2, -0.15) is 5.10 Å². The Morgan fingerprint density at radius 3 is 3.17 bits per heavy atom. The van der Waals surface area contributed by atoms with Crippen molar-refractivity contribution >= 4 is 27.7 Å². The molecule has 2 aromatic heterocycles. The molecule has 0 saturated heterocycles. The first-order valence-electron chi connectivity index (χ1n) is 3.39. The molecule has 0 atom stereocenters. The van der Waals surface area contributed by atoms with Crippen LogP contribution >= 0.6 is 15.9 Å². The molecule has 60 valence electrons. The molecule has 12 heavy (non-hydrogen) atoms. The van der Waals surface area contributed by atoms with Gasteiger partial charge in [0.2, 0.25) is 0 Å². The standard InChI is InChI=1S/C8H5BrN2O/c9-7-4-10-11-2-1-6(5-12)3-8(7)11/h1-5H. The Kier molecular flexibility index (Phi) is 1.69. The van der Waals surface area contributed by atoms with Crippen molar-refractivity contribution in [3.05, 3.63) is 34.6 Å². The van der Waals surface area contributed by atoms with Crippen molar-refractivity contribution in [1.82, 2.24) is 9.61 Å². The van der Waals surface area contributed by atoms with Crippen molar-refractivity contribution in [3.8, 4) is 0 Å². The van der Waals surface area contributed by atoms with Crippen LogP contribution in [0.3, 0.4) is 0 Å². The number of carbonyl (C=O) groups is 1. The first-order chi connectivity index (χ1) is 5.81. The van der Waals surface area contributed by atoms with Gasteiger partial charge >= 0.3 is 0 Å². The van der Waals surface area contributed by atoms with Crippen LogP contribution in [0.5, 0.6) is 0 Å². The van der Waals surface area contributed by atoms with Gasteiger partial charge in [0.15, 0.2) is 0 Å². The Morgan fingerprint density at radius 1 is 1.58 bits per heavy atom. The molecule has 0 amide bonds. The van der Waals surface area contributed by atoms with Crippen molar-refractivity contribution in [3.63, 3.8) is 0 Å². The molecule has 0 bridgehead atoms. The van der Waals surface area contributed by atoms with E-state index in [2.05, 4.69) is 21.0 Å². The monoisotopic (exact) mass is 224 g/mol. The zero-order chi connectivity index (χ0) is 8.55. The minimum atomic E-state index is 0.656. The third-order valence-electron chi connectivity index (χ3n) is 1.63. The molecular formula is C8H5BrN2O. The lowest BCUT2D eigenvalue weighted by molar-refractivity contribution is 0.112. The highest BCUT2D eigenvalue weighted by atomic mass is 79.9. The minimum Gasteiger partial charge on any atom is -0.298 e. The first-order valence-corrected chi connectivity index (χ1v) is 4.18. The molecule has 0 fully saturated rings. The van der Waals surface area contributed by atoms with Gasteiger partial charge in [0.05, 0.1) is 16.2 Å². The van der Waals surface area contributed by atoms with Crippen molar-refractivity contribution in [2.45, 2.75) is 0 Å². The maximum Gasteiger partial charge on any atom is 0.150 e. The van der Waals surface area contributed by atoms with Crippen molar-refractivity contribution in [2.24, 2.45) is 0 Å². The number of hydrogen-bond donors (Lipinski definition) is 0.